The zero-order chi connectivity index (χ0) is 13.1. The van der Waals surface area contributed by atoms with Crippen LogP contribution < -0.4 is 4.74 Å². The molecule has 0 bridgehead atoms. The van der Waals surface area contributed by atoms with Gasteiger partial charge in [-0.15, -0.1) is 12.4 Å². The van der Waals surface area contributed by atoms with Gasteiger partial charge >= 0.3 is 11.9 Å². The van der Waals surface area contributed by atoms with E-state index in [2.05, 4.69) is 6.58 Å². The summed E-state index contributed by atoms with van der Waals surface area (Å²) in [4.78, 5) is 21.9. The molecule has 98 valence electrons. The molecule has 0 saturated carbocycles. The third-order valence-electron chi connectivity index (χ3n) is 2.44. The van der Waals surface area contributed by atoms with Crippen molar-refractivity contribution in [2.45, 2.75) is 0 Å². The first-order chi connectivity index (χ1) is 8.60. The van der Waals surface area contributed by atoms with Gasteiger partial charge in [-0.25, -0.2) is 9.59 Å². The maximum atomic E-state index is 11.0. The maximum absolute atomic E-state index is 11.0. The summed E-state index contributed by atoms with van der Waals surface area (Å²) >= 11 is 0. The van der Waals surface area contributed by atoms with Gasteiger partial charge in [-0.2, -0.15) is 0 Å². The summed E-state index contributed by atoms with van der Waals surface area (Å²) in [6.45, 7) is 3.31. The number of ether oxygens (including phenoxy) is 1. The number of carboxylic acid groups (broad SMARTS) is 1. The van der Waals surface area contributed by atoms with Crippen molar-refractivity contribution < 1.29 is 19.4 Å². The van der Waals surface area contributed by atoms with E-state index in [1.165, 1.54) is 6.07 Å². The Morgan fingerprint density at radius 2 is 1.74 bits per heavy atom. The highest BCUT2D eigenvalue weighted by atomic mass is 35.5. The van der Waals surface area contributed by atoms with Crippen LogP contribution in [0.5, 0.6) is 5.75 Å². The predicted molar refractivity (Wildman–Crippen MR) is 74.0 cm³/mol. The summed E-state index contributed by atoms with van der Waals surface area (Å²) in [5.41, 5.74) is 0.221. The van der Waals surface area contributed by atoms with Crippen LogP contribution in [0.15, 0.2) is 49.1 Å². The normalized spacial score (nSPS) is 9.47. The SMILES string of the molecule is C=CC(=O)Oc1ccc2cc(C(=O)O)ccc2c1.Cl. The minimum absolute atomic E-state index is 0. The molecule has 0 heterocycles. The molecule has 0 atom stereocenters. The lowest BCUT2D eigenvalue weighted by molar-refractivity contribution is -0.128. The molecule has 2 aromatic rings. The third kappa shape index (κ3) is 3.33. The van der Waals surface area contributed by atoms with Crippen LogP contribution in [0.3, 0.4) is 0 Å². The molecule has 0 aliphatic carbocycles. The van der Waals surface area contributed by atoms with E-state index in [0.717, 1.165) is 16.8 Å². The zero-order valence-electron chi connectivity index (χ0n) is 9.83. The number of aromatic carboxylic acids is 1. The van der Waals surface area contributed by atoms with E-state index < -0.39 is 11.9 Å². The molecular weight excluding hydrogens is 268 g/mol. The van der Waals surface area contributed by atoms with E-state index in [0.29, 0.717) is 5.75 Å². The first-order valence-corrected chi connectivity index (χ1v) is 5.21. The molecule has 0 fully saturated rings. The second-order valence-corrected chi connectivity index (χ2v) is 3.65. The predicted octanol–water partition coefficient (Wildman–Crippen LogP) is 3.05. The Morgan fingerprint density at radius 1 is 1.11 bits per heavy atom. The summed E-state index contributed by atoms with van der Waals surface area (Å²) in [7, 11) is 0. The summed E-state index contributed by atoms with van der Waals surface area (Å²) in [6, 6.07) is 9.72. The number of fused-ring (bicyclic) bond motifs is 1. The highest BCUT2D eigenvalue weighted by Crippen LogP contribution is 2.22. The Morgan fingerprint density at radius 3 is 2.37 bits per heavy atom. The van der Waals surface area contributed by atoms with E-state index in [4.69, 9.17) is 9.84 Å². The molecular formula is C14H11ClO4. The summed E-state index contributed by atoms with van der Waals surface area (Å²) < 4.78 is 4.98. The van der Waals surface area contributed by atoms with E-state index in [-0.39, 0.29) is 18.0 Å². The molecule has 0 aliphatic heterocycles. The van der Waals surface area contributed by atoms with Gasteiger partial charge in [0.05, 0.1) is 5.56 Å². The van der Waals surface area contributed by atoms with Crippen molar-refractivity contribution in [3.05, 3.63) is 54.6 Å². The van der Waals surface area contributed by atoms with Crippen molar-refractivity contribution in [3.63, 3.8) is 0 Å². The van der Waals surface area contributed by atoms with Gasteiger partial charge in [-0.3, -0.25) is 0 Å². The number of benzene rings is 2. The second kappa shape index (κ2) is 6.02. The number of carbonyl (C=O) groups is 2. The van der Waals surface area contributed by atoms with Gasteiger partial charge in [0, 0.05) is 6.08 Å². The van der Waals surface area contributed by atoms with Crippen molar-refractivity contribution in [3.8, 4) is 5.75 Å². The van der Waals surface area contributed by atoms with Crippen molar-refractivity contribution >= 4 is 35.1 Å². The number of halogens is 1. The molecule has 1 N–H and O–H groups in total. The minimum atomic E-state index is -0.973. The highest BCUT2D eigenvalue weighted by Gasteiger charge is 2.05. The maximum Gasteiger partial charge on any atom is 0.335 e. The molecule has 0 spiro atoms. The van der Waals surface area contributed by atoms with Crippen LogP contribution in [0, 0.1) is 0 Å². The molecule has 0 saturated heterocycles. The lowest BCUT2D eigenvalue weighted by atomic mass is 10.1. The van der Waals surface area contributed by atoms with Gasteiger partial charge in [0.25, 0.3) is 0 Å². The summed E-state index contributed by atoms with van der Waals surface area (Å²) in [5, 5.41) is 10.4. The standard InChI is InChI=1S/C14H10O4.ClH/c1-2-13(15)18-12-6-5-9-7-11(14(16)17)4-3-10(9)8-12;/h2-8H,1H2,(H,16,17);1H. The molecule has 2 aromatic carbocycles. The van der Waals surface area contributed by atoms with E-state index in [1.807, 2.05) is 0 Å². The minimum Gasteiger partial charge on any atom is -0.478 e. The number of hydrogen-bond donors (Lipinski definition) is 1. The van der Waals surface area contributed by atoms with Crippen LogP contribution in [0.4, 0.5) is 0 Å². The number of hydrogen-bond acceptors (Lipinski definition) is 3. The van der Waals surface area contributed by atoms with Crippen LogP contribution in [-0.2, 0) is 4.79 Å². The first kappa shape index (κ1) is 14.7. The summed E-state index contributed by atoms with van der Waals surface area (Å²) in [6.07, 6.45) is 1.08. The van der Waals surface area contributed by atoms with Crippen LogP contribution >= 0.6 is 12.4 Å². The molecule has 0 aliphatic rings. The third-order valence-corrected chi connectivity index (χ3v) is 2.44. The van der Waals surface area contributed by atoms with Crippen LogP contribution in [-0.4, -0.2) is 17.0 Å². The number of rotatable bonds is 3. The Bertz CT molecular complexity index is 649. The van der Waals surface area contributed by atoms with Gasteiger partial charge < -0.3 is 9.84 Å². The van der Waals surface area contributed by atoms with E-state index >= 15 is 0 Å². The smallest absolute Gasteiger partial charge is 0.335 e. The van der Waals surface area contributed by atoms with Crippen molar-refractivity contribution in [1.29, 1.82) is 0 Å². The second-order valence-electron chi connectivity index (χ2n) is 3.65. The van der Waals surface area contributed by atoms with Gasteiger partial charge in [-0.05, 0) is 35.0 Å². The zero-order valence-corrected chi connectivity index (χ0v) is 10.6. The lowest BCUT2D eigenvalue weighted by Crippen LogP contribution is -2.02. The van der Waals surface area contributed by atoms with Gasteiger partial charge in [-0.1, -0.05) is 18.7 Å². The monoisotopic (exact) mass is 278 g/mol. The van der Waals surface area contributed by atoms with Gasteiger partial charge in [0.1, 0.15) is 5.75 Å². The molecule has 0 amide bonds. The molecule has 0 radical (unpaired) electrons. The van der Waals surface area contributed by atoms with Crippen LogP contribution in [0.1, 0.15) is 10.4 Å². The van der Waals surface area contributed by atoms with Crippen LogP contribution in [0.25, 0.3) is 10.8 Å². The number of carbonyl (C=O) groups excluding carboxylic acids is 1. The fourth-order valence-electron chi connectivity index (χ4n) is 1.58. The lowest BCUT2D eigenvalue weighted by Gasteiger charge is -2.04. The van der Waals surface area contributed by atoms with Gasteiger partial charge in [0.15, 0.2) is 0 Å². The number of carboxylic acids is 1. The topological polar surface area (TPSA) is 63.6 Å². The molecule has 19 heavy (non-hydrogen) atoms. The fourth-order valence-corrected chi connectivity index (χ4v) is 1.58. The van der Waals surface area contributed by atoms with Crippen LogP contribution in [0.2, 0.25) is 0 Å². The molecule has 2 rings (SSSR count). The molecule has 5 heteroatoms. The first-order valence-electron chi connectivity index (χ1n) is 5.21. The Hall–Kier alpha value is -2.33. The fraction of sp³-hybridized carbons (Fsp3) is 0. The average molecular weight is 279 g/mol. The quantitative estimate of drug-likeness (QED) is 0.532. The molecule has 4 nitrogen and oxygen atoms in total. The number of esters is 1. The molecule has 0 aromatic heterocycles. The van der Waals surface area contributed by atoms with Crippen molar-refractivity contribution in [1.82, 2.24) is 0 Å². The van der Waals surface area contributed by atoms with Gasteiger partial charge in [0.2, 0.25) is 0 Å². The highest BCUT2D eigenvalue weighted by molar-refractivity contribution is 5.95. The van der Waals surface area contributed by atoms with E-state index in [9.17, 15) is 9.59 Å². The largest absolute Gasteiger partial charge is 0.478 e. The molecule has 0 unspecified atom stereocenters. The average Bonchev–Trinajstić information content (AvgIpc) is 2.37. The Balaban J connectivity index is 0.00000180. The van der Waals surface area contributed by atoms with Crippen molar-refractivity contribution in [2.75, 3.05) is 0 Å². The summed E-state index contributed by atoms with van der Waals surface area (Å²) in [5.74, 6) is -1.11. The Labute approximate surface area is 115 Å². The van der Waals surface area contributed by atoms with E-state index in [1.54, 1.807) is 30.3 Å². The Kier molecular flexibility index (Phi) is 4.67. The van der Waals surface area contributed by atoms with Crippen molar-refractivity contribution in [2.24, 2.45) is 0 Å².